The summed E-state index contributed by atoms with van der Waals surface area (Å²) >= 11 is 0. The molecule has 0 amide bonds. The molecule has 5 heteroatoms. The highest BCUT2D eigenvalue weighted by molar-refractivity contribution is 6.74. The molecule has 6 atom stereocenters. The average Bonchev–Trinajstić information content (AvgIpc) is 2.75. The predicted octanol–water partition coefficient (Wildman–Crippen LogP) is 2.92. The maximum absolute atomic E-state index is 10.8. The van der Waals surface area contributed by atoms with Crippen molar-refractivity contribution >= 4 is 8.32 Å². The van der Waals surface area contributed by atoms with Gasteiger partial charge in [0.05, 0.1) is 12.2 Å². The van der Waals surface area contributed by atoms with E-state index < -0.39 is 20.5 Å². The van der Waals surface area contributed by atoms with E-state index in [9.17, 15) is 15.3 Å². The lowest BCUT2D eigenvalue weighted by molar-refractivity contribution is -0.0312. The summed E-state index contributed by atoms with van der Waals surface area (Å²) in [7, 11) is -1.87. The lowest BCUT2D eigenvalue weighted by Crippen LogP contribution is -2.47. The van der Waals surface area contributed by atoms with E-state index in [0.29, 0.717) is 6.42 Å². The fraction of sp³-hybridized carbons (Fsp3) is 1.00. The summed E-state index contributed by atoms with van der Waals surface area (Å²) in [5, 5.41) is 30.7. The van der Waals surface area contributed by atoms with Gasteiger partial charge in [-0.2, -0.15) is 0 Å². The van der Waals surface area contributed by atoms with Gasteiger partial charge in [0.15, 0.2) is 8.32 Å². The smallest absolute Gasteiger partial charge is 0.192 e. The number of aliphatic hydroxyl groups is 3. The summed E-state index contributed by atoms with van der Waals surface area (Å²) < 4.78 is 6.71. The molecule has 136 valence electrons. The zero-order valence-corrected chi connectivity index (χ0v) is 16.5. The molecule has 3 N–H and O–H groups in total. The Bertz CT molecular complexity index is 393. The maximum atomic E-state index is 10.8. The third-order valence-corrected chi connectivity index (χ3v) is 11.2. The molecule has 0 aromatic rings. The molecule has 2 fully saturated rings. The molecule has 0 spiro atoms. The van der Waals surface area contributed by atoms with Crippen LogP contribution in [-0.4, -0.2) is 48.6 Å². The molecule has 2 rings (SSSR count). The van der Waals surface area contributed by atoms with Crippen LogP contribution in [-0.2, 0) is 4.43 Å². The molecule has 0 bridgehead atoms. The van der Waals surface area contributed by atoms with E-state index in [1.807, 2.05) is 0 Å². The van der Waals surface area contributed by atoms with Gasteiger partial charge in [-0.25, -0.2) is 0 Å². The second kappa shape index (κ2) is 7.12. The molecule has 0 saturated heterocycles. The Morgan fingerprint density at radius 2 is 1.70 bits per heavy atom. The molecule has 2 aliphatic rings. The van der Waals surface area contributed by atoms with E-state index in [0.717, 1.165) is 25.7 Å². The fourth-order valence-electron chi connectivity index (χ4n) is 4.21. The Morgan fingerprint density at radius 3 is 2.26 bits per heavy atom. The summed E-state index contributed by atoms with van der Waals surface area (Å²) in [6.45, 7) is 11.4. The van der Waals surface area contributed by atoms with Crippen molar-refractivity contribution in [2.75, 3.05) is 6.61 Å². The lowest BCUT2D eigenvalue weighted by atomic mass is 9.82. The summed E-state index contributed by atoms with van der Waals surface area (Å²) in [5.74, 6) is 0.231. The van der Waals surface area contributed by atoms with Gasteiger partial charge in [-0.1, -0.05) is 20.8 Å². The first-order chi connectivity index (χ1) is 10.6. The van der Waals surface area contributed by atoms with Crippen LogP contribution in [0.2, 0.25) is 18.1 Å². The van der Waals surface area contributed by atoms with Gasteiger partial charge in [0, 0.05) is 18.6 Å². The van der Waals surface area contributed by atoms with Crippen LogP contribution in [0.4, 0.5) is 0 Å². The molecule has 4 nitrogen and oxygen atoms in total. The topological polar surface area (TPSA) is 69.9 Å². The highest BCUT2D eigenvalue weighted by atomic mass is 28.4. The summed E-state index contributed by atoms with van der Waals surface area (Å²) in [5.41, 5.74) is 0. The highest BCUT2D eigenvalue weighted by Crippen LogP contribution is 2.47. The molecule has 2 aliphatic carbocycles. The van der Waals surface area contributed by atoms with Crippen LogP contribution in [0.5, 0.6) is 0 Å². The zero-order valence-electron chi connectivity index (χ0n) is 15.5. The van der Waals surface area contributed by atoms with Crippen LogP contribution >= 0.6 is 0 Å². The third kappa shape index (κ3) is 4.01. The van der Waals surface area contributed by atoms with E-state index in [2.05, 4.69) is 33.9 Å². The number of fused-ring (bicyclic) bond motifs is 1. The highest BCUT2D eigenvalue weighted by Gasteiger charge is 2.50. The van der Waals surface area contributed by atoms with E-state index in [4.69, 9.17) is 4.43 Å². The normalized spacial score (nSPS) is 39.1. The zero-order chi connectivity index (χ0) is 17.4. The van der Waals surface area contributed by atoms with Gasteiger partial charge in [-0.3, -0.25) is 0 Å². The fourth-order valence-corrected chi connectivity index (χ4v) is 5.61. The lowest BCUT2D eigenvalue weighted by Gasteiger charge is -2.41. The minimum absolute atomic E-state index is 0.0771. The summed E-state index contributed by atoms with van der Waals surface area (Å²) in [4.78, 5) is 0. The van der Waals surface area contributed by atoms with Gasteiger partial charge in [0.1, 0.15) is 0 Å². The SMILES string of the molecule is CC(C)(C)[Si](C)(C)O[C@H]1CC[C@@H](CCO)[C@H](O)[C@@H]2[C@H]1CC[C@H]2O. The minimum Gasteiger partial charge on any atom is -0.414 e. The second-order valence-electron chi connectivity index (χ2n) is 9.14. The van der Waals surface area contributed by atoms with Crippen molar-refractivity contribution in [3.05, 3.63) is 0 Å². The van der Waals surface area contributed by atoms with Crippen molar-refractivity contribution in [2.45, 2.75) is 89.3 Å². The Kier molecular flexibility index (Phi) is 6.00. The van der Waals surface area contributed by atoms with Crippen LogP contribution in [0, 0.1) is 17.8 Å². The van der Waals surface area contributed by atoms with E-state index >= 15 is 0 Å². The first-order valence-electron chi connectivity index (χ1n) is 9.23. The van der Waals surface area contributed by atoms with Gasteiger partial charge in [0.2, 0.25) is 0 Å². The van der Waals surface area contributed by atoms with Gasteiger partial charge < -0.3 is 19.7 Å². The Labute approximate surface area is 142 Å². The van der Waals surface area contributed by atoms with Gasteiger partial charge in [-0.15, -0.1) is 0 Å². The first kappa shape index (κ1) is 19.4. The van der Waals surface area contributed by atoms with E-state index in [1.165, 1.54) is 0 Å². The molecule has 0 heterocycles. The predicted molar refractivity (Wildman–Crippen MR) is 94.7 cm³/mol. The molecule has 0 radical (unpaired) electrons. The van der Waals surface area contributed by atoms with Crippen LogP contribution in [0.25, 0.3) is 0 Å². The van der Waals surface area contributed by atoms with Crippen molar-refractivity contribution in [2.24, 2.45) is 17.8 Å². The number of hydrogen-bond acceptors (Lipinski definition) is 4. The number of aliphatic hydroxyl groups excluding tert-OH is 3. The van der Waals surface area contributed by atoms with Crippen molar-refractivity contribution < 1.29 is 19.7 Å². The van der Waals surface area contributed by atoms with Crippen LogP contribution < -0.4 is 0 Å². The largest absolute Gasteiger partial charge is 0.414 e. The molecular formula is C18H36O4Si. The summed E-state index contributed by atoms with van der Waals surface area (Å²) in [6, 6.07) is 0. The van der Waals surface area contributed by atoms with Crippen molar-refractivity contribution in [1.29, 1.82) is 0 Å². The quantitative estimate of drug-likeness (QED) is 0.686. The number of hydrogen-bond donors (Lipinski definition) is 3. The molecular weight excluding hydrogens is 308 g/mol. The molecule has 0 unspecified atom stereocenters. The summed E-state index contributed by atoms with van der Waals surface area (Å²) in [6.07, 6.45) is 3.31. The average molecular weight is 345 g/mol. The Hall–Kier alpha value is 0.0569. The van der Waals surface area contributed by atoms with Gasteiger partial charge in [0.25, 0.3) is 0 Å². The Balaban J connectivity index is 2.21. The third-order valence-electron chi connectivity index (χ3n) is 6.66. The van der Waals surface area contributed by atoms with Crippen LogP contribution in [0.1, 0.15) is 52.9 Å². The van der Waals surface area contributed by atoms with Crippen molar-refractivity contribution in [3.8, 4) is 0 Å². The molecule has 0 aromatic heterocycles. The van der Waals surface area contributed by atoms with Gasteiger partial charge >= 0.3 is 0 Å². The minimum atomic E-state index is -1.87. The van der Waals surface area contributed by atoms with Crippen molar-refractivity contribution in [1.82, 2.24) is 0 Å². The van der Waals surface area contributed by atoms with Gasteiger partial charge in [-0.05, 0) is 62.1 Å². The van der Waals surface area contributed by atoms with E-state index in [1.54, 1.807) is 0 Å². The molecule has 2 saturated carbocycles. The van der Waals surface area contributed by atoms with E-state index in [-0.39, 0.29) is 35.5 Å². The molecule has 23 heavy (non-hydrogen) atoms. The Morgan fingerprint density at radius 1 is 1.04 bits per heavy atom. The number of rotatable bonds is 4. The van der Waals surface area contributed by atoms with Crippen molar-refractivity contribution in [3.63, 3.8) is 0 Å². The van der Waals surface area contributed by atoms with Crippen LogP contribution in [0.3, 0.4) is 0 Å². The standard InChI is InChI=1S/C18H36O4Si/c1-18(2,3)23(4,5)22-15-9-6-12(10-11-19)17(21)16-13(15)7-8-14(16)20/h12-17,19-21H,6-11H2,1-5H3/t12-,13-,14+,15-,16+,17-/m0/s1. The molecule has 0 aliphatic heterocycles. The van der Waals surface area contributed by atoms with Crippen LogP contribution in [0.15, 0.2) is 0 Å². The molecule has 0 aromatic carbocycles. The first-order valence-corrected chi connectivity index (χ1v) is 12.1. The monoisotopic (exact) mass is 344 g/mol. The maximum Gasteiger partial charge on any atom is 0.192 e. The second-order valence-corrected chi connectivity index (χ2v) is 13.9.